The average molecular weight is 236 g/mol. The molecule has 2 rings (SSSR count). The summed E-state index contributed by atoms with van der Waals surface area (Å²) in [4.78, 5) is 0. The van der Waals surface area contributed by atoms with Crippen molar-refractivity contribution in [3.05, 3.63) is 0 Å². The van der Waals surface area contributed by atoms with Crippen LogP contribution in [-0.4, -0.2) is 0 Å². The zero-order chi connectivity index (χ0) is 12.4. The maximum absolute atomic E-state index is 2.55. The van der Waals surface area contributed by atoms with Crippen LogP contribution in [-0.2, 0) is 0 Å². The van der Waals surface area contributed by atoms with Crippen LogP contribution in [0.5, 0.6) is 0 Å². The van der Waals surface area contributed by atoms with E-state index in [9.17, 15) is 0 Å². The second-order valence-electron chi connectivity index (χ2n) is 6.95. The van der Waals surface area contributed by atoms with Gasteiger partial charge in [0.05, 0.1) is 0 Å². The molecule has 0 radical (unpaired) electrons. The van der Waals surface area contributed by atoms with Crippen molar-refractivity contribution in [2.24, 2.45) is 35.5 Å². The molecule has 0 nitrogen and oxygen atoms in total. The molecule has 100 valence electrons. The van der Waals surface area contributed by atoms with Gasteiger partial charge in [-0.15, -0.1) is 0 Å². The largest absolute Gasteiger partial charge is 0.0654 e. The minimum absolute atomic E-state index is 1.02. The van der Waals surface area contributed by atoms with Crippen LogP contribution < -0.4 is 0 Å². The molecule has 2 aliphatic carbocycles. The summed E-state index contributed by atoms with van der Waals surface area (Å²) < 4.78 is 0. The van der Waals surface area contributed by atoms with E-state index in [2.05, 4.69) is 27.7 Å². The van der Waals surface area contributed by atoms with E-state index in [1.165, 1.54) is 44.9 Å². The van der Waals surface area contributed by atoms with Crippen molar-refractivity contribution in [3.63, 3.8) is 0 Å². The molecule has 0 spiro atoms. The lowest BCUT2D eigenvalue weighted by molar-refractivity contribution is 0.187. The Bertz CT molecular complexity index is 228. The van der Waals surface area contributed by atoms with Crippen LogP contribution in [0.4, 0.5) is 0 Å². The summed E-state index contributed by atoms with van der Waals surface area (Å²) in [5, 5.41) is 0. The Morgan fingerprint density at radius 2 is 1.88 bits per heavy atom. The summed E-state index contributed by atoms with van der Waals surface area (Å²) in [6, 6.07) is 0. The van der Waals surface area contributed by atoms with Crippen molar-refractivity contribution in [3.8, 4) is 0 Å². The van der Waals surface area contributed by atoms with E-state index >= 15 is 0 Å². The van der Waals surface area contributed by atoms with E-state index in [-0.39, 0.29) is 0 Å². The van der Waals surface area contributed by atoms with E-state index in [1.54, 1.807) is 0 Å². The van der Waals surface area contributed by atoms with E-state index in [4.69, 9.17) is 0 Å². The standard InChI is InChI=1S/C17H32/c1-5-8-14(6-2)11-16-13(4)17(16)12(3)15-9-7-10-15/h12-17H,5-11H2,1-4H3. The Balaban J connectivity index is 1.78. The first-order valence-electron chi connectivity index (χ1n) is 8.19. The monoisotopic (exact) mass is 236 g/mol. The van der Waals surface area contributed by atoms with E-state index in [1.807, 2.05) is 0 Å². The molecule has 0 aliphatic heterocycles. The van der Waals surface area contributed by atoms with Crippen LogP contribution in [0, 0.1) is 35.5 Å². The van der Waals surface area contributed by atoms with Gasteiger partial charge in [0, 0.05) is 0 Å². The van der Waals surface area contributed by atoms with Gasteiger partial charge in [0.25, 0.3) is 0 Å². The quantitative estimate of drug-likeness (QED) is 0.546. The highest BCUT2D eigenvalue weighted by Gasteiger charge is 2.51. The zero-order valence-electron chi connectivity index (χ0n) is 12.4. The van der Waals surface area contributed by atoms with Gasteiger partial charge in [-0.05, 0) is 41.9 Å². The molecule has 0 amide bonds. The van der Waals surface area contributed by atoms with Gasteiger partial charge in [-0.25, -0.2) is 0 Å². The Hall–Kier alpha value is 0. The van der Waals surface area contributed by atoms with Crippen LogP contribution in [0.15, 0.2) is 0 Å². The Labute approximate surface area is 109 Å². The number of rotatable bonds is 7. The summed E-state index contributed by atoms with van der Waals surface area (Å²) in [5.74, 6) is 6.36. The van der Waals surface area contributed by atoms with Crippen LogP contribution in [0.2, 0.25) is 0 Å². The predicted octanol–water partition coefficient (Wildman–Crippen LogP) is 5.52. The fourth-order valence-corrected chi connectivity index (χ4v) is 4.38. The molecule has 0 heteroatoms. The number of hydrogen-bond donors (Lipinski definition) is 0. The lowest BCUT2D eigenvalue weighted by Crippen LogP contribution is -2.22. The van der Waals surface area contributed by atoms with Gasteiger partial charge < -0.3 is 0 Å². The number of hydrogen-bond acceptors (Lipinski definition) is 0. The first-order chi connectivity index (χ1) is 8.19. The molecule has 2 fully saturated rings. The van der Waals surface area contributed by atoms with Crippen LogP contribution in [0.1, 0.15) is 72.6 Å². The minimum atomic E-state index is 1.02. The highest BCUT2D eigenvalue weighted by Crippen LogP contribution is 2.58. The van der Waals surface area contributed by atoms with Crippen molar-refractivity contribution in [2.45, 2.75) is 72.6 Å². The molecule has 0 heterocycles. The summed E-state index contributed by atoms with van der Waals surface area (Å²) >= 11 is 0. The maximum Gasteiger partial charge on any atom is -0.0326 e. The van der Waals surface area contributed by atoms with Gasteiger partial charge >= 0.3 is 0 Å². The van der Waals surface area contributed by atoms with Gasteiger partial charge in [0.2, 0.25) is 0 Å². The van der Waals surface area contributed by atoms with Gasteiger partial charge in [-0.1, -0.05) is 66.2 Å². The van der Waals surface area contributed by atoms with Crippen molar-refractivity contribution >= 4 is 0 Å². The summed E-state index contributed by atoms with van der Waals surface area (Å²) in [5.41, 5.74) is 0. The van der Waals surface area contributed by atoms with Gasteiger partial charge in [-0.2, -0.15) is 0 Å². The Morgan fingerprint density at radius 3 is 2.35 bits per heavy atom. The second-order valence-corrected chi connectivity index (χ2v) is 6.95. The average Bonchev–Trinajstić information content (AvgIpc) is 2.85. The lowest BCUT2D eigenvalue weighted by Gasteiger charge is -2.32. The van der Waals surface area contributed by atoms with E-state index in [0.29, 0.717) is 0 Å². The van der Waals surface area contributed by atoms with Crippen molar-refractivity contribution in [1.82, 2.24) is 0 Å². The van der Waals surface area contributed by atoms with Crippen molar-refractivity contribution in [2.75, 3.05) is 0 Å². The highest BCUT2D eigenvalue weighted by molar-refractivity contribution is 4.99. The summed E-state index contributed by atoms with van der Waals surface area (Å²) in [6.45, 7) is 9.79. The third-order valence-corrected chi connectivity index (χ3v) is 6.02. The van der Waals surface area contributed by atoms with Crippen LogP contribution in [0.25, 0.3) is 0 Å². The van der Waals surface area contributed by atoms with Gasteiger partial charge in [-0.3, -0.25) is 0 Å². The maximum atomic E-state index is 2.55. The molecule has 5 unspecified atom stereocenters. The van der Waals surface area contributed by atoms with Crippen molar-refractivity contribution in [1.29, 1.82) is 0 Å². The SMILES string of the molecule is CCCC(CC)CC1C(C)C1C(C)C1CCC1. The Morgan fingerprint density at radius 1 is 1.18 bits per heavy atom. The van der Waals surface area contributed by atoms with E-state index in [0.717, 1.165) is 35.5 Å². The molecule has 0 aromatic rings. The van der Waals surface area contributed by atoms with Crippen LogP contribution >= 0.6 is 0 Å². The third-order valence-electron chi connectivity index (χ3n) is 6.02. The molecule has 0 N–H and O–H groups in total. The fourth-order valence-electron chi connectivity index (χ4n) is 4.38. The van der Waals surface area contributed by atoms with E-state index < -0.39 is 0 Å². The molecule has 0 aromatic carbocycles. The Kier molecular flexibility index (Phi) is 4.55. The minimum Gasteiger partial charge on any atom is -0.0654 e. The molecular weight excluding hydrogens is 204 g/mol. The molecule has 17 heavy (non-hydrogen) atoms. The van der Waals surface area contributed by atoms with Crippen LogP contribution in [0.3, 0.4) is 0 Å². The molecular formula is C17H32. The van der Waals surface area contributed by atoms with Gasteiger partial charge in [0.15, 0.2) is 0 Å². The highest BCUT2D eigenvalue weighted by atomic mass is 14.6. The molecule has 2 aliphatic rings. The summed E-state index contributed by atoms with van der Waals surface area (Å²) in [7, 11) is 0. The first-order valence-corrected chi connectivity index (χ1v) is 8.19. The van der Waals surface area contributed by atoms with Gasteiger partial charge in [0.1, 0.15) is 0 Å². The summed E-state index contributed by atoms with van der Waals surface area (Å²) in [6.07, 6.45) is 10.3. The topological polar surface area (TPSA) is 0 Å². The molecule has 0 aromatic heterocycles. The lowest BCUT2D eigenvalue weighted by atomic mass is 9.74. The molecule has 5 atom stereocenters. The molecule has 2 saturated carbocycles. The second kappa shape index (κ2) is 5.76. The molecule has 0 saturated heterocycles. The first kappa shape index (κ1) is 13.4. The third kappa shape index (κ3) is 2.88. The van der Waals surface area contributed by atoms with Crippen molar-refractivity contribution < 1.29 is 0 Å². The zero-order valence-corrected chi connectivity index (χ0v) is 12.4. The molecule has 0 bridgehead atoms. The predicted molar refractivity (Wildman–Crippen MR) is 76.0 cm³/mol. The smallest absolute Gasteiger partial charge is 0.0326 e. The fraction of sp³-hybridized carbons (Fsp3) is 1.00. The normalized spacial score (nSPS) is 36.4.